The second-order valence-electron chi connectivity index (χ2n) is 3.07. The number of amides is 1. The molecule has 0 atom stereocenters. The summed E-state index contributed by atoms with van der Waals surface area (Å²) in [6, 6.07) is 3.45. The lowest BCUT2D eigenvalue weighted by Crippen LogP contribution is -2.14. The van der Waals surface area contributed by atoms with E-state index in [1.807, 2.05) is 0 Å². The van der Waals surface area contributed by atoms with E-state index in [1.165, 1.54) is 0 Å². The predicted molar refractivity (Wildman–Crippen MR) is 60.3 cm³/mol. The van der Waals surface area contributed by atoms with Gasteiger partial charge in [-0.1, -0.05) is 0 Å². The number of rotatable bonds is 3. The summed E-state index contributed by atoms with van der Waals surface area (Å²) in [6.45, 7) is 0. The molecule has 0 aliphatic heterocycles. The van der Waals surface area contributed by atoms with Gasteiger partial charge in [-0.25, -0.2) is 4.98 Å². The van der Waals surface area contributed by atoms with Crippen LogP contribution >= 0.6 is 0 Å². The first kappa shape index (κ1) is 10.2. The highest BCUT2D eigenvalue weighted by molar-refractivity contribution is 6.02. The van der Waals surface area contributed by atoms with E-state index in [4.69, 9.17) is 0 Å². The van der Waals surface area contributed by atoms with Crippen molar-refractivity contribution in [2.75, 3.05) is 17.7 Å². The van der Waals surface area contributed by atoms with Crippen LogP contribution in [0.5, 0.6) is 0 Å². The molecule has 0 saturated carbocycles. The number of anilines is 2. The van der Waals surface area contributed by atoms with Crippen LogP contribution < -0.4 is 10.6 Å². The summed E-state index contributed by atoms with van der Waals surface area (Å²) in [6.07, 6.45) is 4.77. The quantitative estimate of drug-likeness (QED) is 0.719. The highest BCUT2D eigenvalue weighted by Crippen LogP contribution is 2.08. The Morgan fingerprint density at radius 1 is 1.38 bits per heavy atom. The van der Waals surface area contributed by atoms with Crippen molar-refractivity contribution in [3.63, 3.8) is 0 Å². The second-order valence-corrected chi connectivity index (χ2v) is 3.07. The molecule has 6 heteroatoms. The zero-order chi connectivity index (χ0) is 11.4. The molecule has 0 spiro atoms. The Labute approximate surface area is 92.1 Å². The largest absolute Gasteiger partial charge is 0.388 e. The Hall–Kier alpha value is -2.37. The number of nitrogens with one attached hydrogen (secondary N) is 3. The Balaban J connectivity index is 2.14. The first-order valence-corrected chi connectivity index (χ1v) is 4.74. The van der Waals surface area contributed by atoms with E-state index in [2.05, 4.69) is 25.6 Å². The molecule has 0 fully saturated rings. The molecule has 0 unspecified atom stereocenters. The van der Waals surface area contributed by atoms with Gasteiger partial charge in [-0.3, -0.25) is 15.1 Å². The van der Waals surface area contributed by atoms with Crippen molar-refractivity contribution in [3.05, 3.63) is 36.4 Å². The van der Waals surface area contributed by atoms with E-state index in [1.54, 1.807) is 37.8 Å². The van der Waals surface area contributed by atoms with Crippen LogP contribution in [0.2, 0.25) is 0 Å². The lowest BCUT2D eigenvalue weighted by molar-refractivity contribution is 0.102. The van der Waals surface area contributed by atoms with Gasteiger partial charge in [0.1, 0.15) is 5.69 Å². The molecule has 1 amide bonds. The summed E-state index contributed by atoms with van der Waals surface area (Å²) >= 11 is 0. The van der Waals surface area contributed by atoms with Crippen LogP contribution in [0.4, 0.5) is 11.6 Å². The normalized spacial score (nSPS) is 9.81. The number of aromatic amines is 1. The first-order chi connectivity index (χ1) is 7.79. The smallest absolute Gasteiger partial charge is 0.276 e. The van der Waals surface area contributed by atoms with Crippen LogP contribution in [0.25, 0.3) is 0 Å². The number of pyridine rings is 1. The van der Waals surface area contributed by atoms with Crippen molar-refractivity contribution >= 4 is 17.5 Å². The van der Waals surface area contributed by atoms with E-state index in [0.29, 0.717) is 11.6 Å². The molecule has 0 aliphatic rings. The summed E-state index contributed by atoms with van der Waals surface area (Å²) in [5.74, 6) is 0.105. The molecule has 3 N–H and O–H groups in total. The maximum Gasteiger partial charge on any atom is 0.276 e. The zero-order valence-electron chi connectivity index (χ0n) is 8.69. The van der Waals surface area contributed by atoms with Gasteiger partial charge in [-0.05, 0) is 12.1 Å². The van der Waals surface area contributed by atoms with E-state index in [-0.39, 0.29) is 5.91 Å². The molecule has 2 aromatic rings. The third kappa shape index (κ3) is 2.17. The molecule has 0 saturated heterocycles. The van der Waals surface area contributed by atoms with Crippen molar-refractivity contribution in [3.8, 4) is 0 Å². The van der Waals surface area contributed by atoms with Crippen LogP contribution in [-0.4, -0.2) is 27.9 Å². The topological polar surface area (TPSA) is 82.7 Å². The third-order valence-corrected chi connectivity index (χ3v) is 2.01. The van der Waals surface area contributed by atoms with Gasteiger partial charge in [0, 0.05) is 31.3 Å². The van der Waals surface area contributed by atoms with Crippen molar-refractivity contribution < 1.29 is 4.79 Å². The molecule has 0 aromatic carbocycles. The van der Waals surface area contributed by atoms with E-state index >= 15 is 0 Å². The summed E-state index contributed by atoms with van der Waals surface area (Å²) in [7, 11) is 1.78. The highest BCUT2D eigenvalue weighted by atomic mass is 16.2. The molecule has 0 radical (unpaired) electrons. The first-order valence-electron chi connectivity index (χ1n) is 4.74. The molecule has 16 heavy (non-hydrogen) atoms. The Morgan fingerprint density at radius 2 is 2.25 bits per heavy atom. The number of carbonyl (C=O) groups is 1. The van der Waals surface area contributed by atoms with E-state index < -0.39 is 0 Å². The van der Waals surface area contributed by atoms with Crippen LogP contribution in [0.1, 0.15) is 10.5 Å². The number of carbonyl (C=O) groups excluding carboxylic acids is 1. The van der Waals surface area contributed by atoms with Gasteiger partial charge in [0.05, 0.1) is 0 Å². The van der Waals surface area contributed by atoms with Crippen LogP contribution in [-0.2, 0) is 0 Å². The summed E-state index contributed by atoms with van der Waals surface area (Å²) in [4.78, 5) is 22.4. The van der Waals surface area contributed by atoms with Crippen LogP contribution in [0.3, 0.4) is 0 Å². The number of imidazole rings is 1. The van der Waals surface area contributed by atoms with Gasteiger partial charge in [-0.2, -0.15) is 0 Å². The minimum absolute atomic E-state index is 0.299. The van der Waals surface area contributed by atoms with Gasteiger partial charge in [-0.15, -0.1) is 0 Å². The van der Waals surface area contributed by atoms with Crippen molar-refractivity contribution in [1.82, 2.24) is 15.0 Å². The average molecular weight is 217 g/mol. The second kappa shape index (κ2) is 4.43. The fourth-order valence-corrected chi connectivity index (χ4v) is 1.22. The fourth-order valence-electron chi connectivity index (χ4n) is 1.22. The monoisotopic (exact) mass is 217 g/mol. The maximum atomic E-state index is 11.7. The molecule has 6 nitrogen and oxygen atoms in total. The summed E-state index contributed by atoms with van der Waals surface area (Å²) in [5.41, 5.74) is 1.17. The average Bonchev–Trinajstić information content (AvgIpc) is 2.82. The van der Waals surface area contributed by atoms with Gasteiger partial charge in [0.25, 0.3) is 5.91 Å². The molecular formula is C10H11N5O. The Bertz CT molecular complexity index is 480. The van der Waals surface area contributed by atoms with Gasteiger partial charge >= 0.3 is 0 Å². The molecule has 2 rings (SSSR count). The number of H-pyrrole nitrogens is 1. The third-order valence-electron chi connectivity index (χ3n) is 2.01. The minimum atomic E-state index is -0.299. The number of aromatic nitrogens is 3. The highest BCUT2D eigenvalue weighted by Gasteiger charge is 2.08. The Morgan fingerprint density at radius 3 is 2.94 bits per heavy atom. The van der Waals surface area contributed by atoms with E-state index in [9.17, 15) is 4.79 Å². The standard InChI is InChI=1S/C10H11N5O/c1-11-7-2-3-12-8(6-7)9(16)15-10-13-4-5-14-10/h2-6H,1H3,(H,11,12)(H2,13,14,15,16). The van der Waals surface area contributed by atoms with Gasteiger partial charge in [0.2, 0.25) is 5.95 Å². The molecular weight excluding hydrogens is 206 g/mol. The number of nitrogens with zero attached hydrogens (tertiary/aromatic N) is 2. The van der Waals surface area contributed by atoms with Crippen LogP contribution in [0.15, 0.2) is 30.7 Å². The lowest BCUT2D eigenvalue weighted by Gasteiger charge is -2.03. The molecule has 0 aliphatic carbocycles. The summed E-state index contributed by atoms with van der Waals surface area (Å²) in [5, 5.41) is 5.53. The fraction of sp³-hybridized carbons (Fsp3) is 0.100. The molecule has 2 heterocycles. The van der Waals surface area contributed by atoms with Crippen molar-refractivity contribution in [2.24, 2.45) is 0 Å². The molecule has 0 bridgehead atoms. The number of hydrogen-bond donors (Lipinski definition) is 3. The predicted octanol–water partition coefficient (Wildman–Crippen LogP) is 1.10. The molecule has 2 aromatic heterocycles. The van der Waals surface area contributed by atoms with Crippen LogP contribution in [0, 0.1) is 0 Å². The van der Waals surface area contributed by atoms with Gasteiger partial charge in [0.15, 0.2) is 0 Å². The number of hydrogen-bond acceptors (Lipinski definition) is 4. The van der Waals surface area contributed by atoms with E-state index in [0.717, 1.165) is 5.69 Å². The van der Waals surface area contributed by atoms with Crippen molar-refractivity contribution in [1.29, 1.82) is 0 Å². The SMILES string of the molecule is CNc1ccnc(C(=O)Nc2ncc[nH]2)c1. The molecule has 82 valence electrons. The maximum absolute atomic E-state index is 11.7. The van der Waals surface area contributed by atoms with Gasteiger partial charge < -0.3 is 10.3 Å². The Kier molecular flexibility index (Phi) is 2.81. The minimum Gasteiger partial charge on any atom is -0.388 e. The summed E-state index contributed by atoms with van der Waals surface area (Å²) < 4.78 is 0. The lowest BCUT2D eigenvalue weighted by atomic mass is 10.3. The van der Waals surface area contributed by atoms with Crippen molar-refractivity contribution in [2.45, 2.75) is 0 Å². The zero-order valence-corrected chi connectivity index (χ0v) is 8.69.